The molecule has 1 N–H and O–H groups in total. The van der Waals surface area contributed by atoms with Crippen molar-refractivity contribution in [3.8, 4) is 11.8 Å². The molecule has 3 aromatic carbocycles. The van der Waals surface area contributed by atoms with Crippen LogP contribution in [0.25, 0.3) is 0 Å². The molecule has 6 heteroatoms. The largest absolute Gasteiger partial charge is 0.497 e. The Morgan fingerprint density at radius 3 is 2.37 bits per heavy atom. The highest BCUT2D eigenvalue weighted by Crippen LogP contribution is 2.34. The van der Waals surface area contributed by atoms with Crippen LogP contribution in [0.3, 0.4) is 0 Å². The number of hydrogen-bond donors (Lipinski definition) is 1. The molecular formula is C24H20Cl2N2O2. The Morgan fingerprint density at radius 2 is 1.77 bits per heavy atom. The maximum Gasteiger partial charge on any atom is 0.228 e. The summed E-state index contributed by atoms with van der Waals surface area (Å²) in [5.41, 5.74) is 3.81. The zero-order valence-corrected chi connectivity index (χ0v) is 18.1. The topological polar surface area (TPSA) is 62.1 Å². The van der Waals surface area contributed by atoms with E-state index < -0.39 is 5.92 Å². The van der Waals surface area contributed by atoms with Crippen LogP contribution < -0.4 is 10.1 Å². The lowest BCUT2D eigenvalue weighted by Crippen LogP contribution is -2.15. The van der Waals surface area contributed by atoms with Crippen LogP contribution in [0.15, 0.2) is 60.7 Å². The lowest BCUT2D eigenvalue weighted by molar-refractivity contribution is -0.115. The average molecular weight is 439 g/mol. The maximum absolute atomic E-state index is 12.5. The molecule has 0 saturated heterocycles. The second kappa shape index (κ2) is 9.67. The quantitative estimate of drug-likeness (QED) is 0.501. The molecule has 1 atom stereocenters. The summed E-state index contributed by atoms with van der Waals surface area (Å²) in [6, 6.07) is 20.3. The number of hydrogen-bond acceptors (Lipinski definition) is 3. The number of nitriles is 1. The van der Waals surface area contributed by atoms with Gasteiger partial charge in [0.15, 0.2) is 0 Å². The minimum Gasteiger partial charge on any atom is -0.497 e. The zero-order valence-electron chi connectivity index (χ0n) is 16.6. The highest BCUT2D eigenvalue weighted by atomic mass is 35.5. The molecule has 0 aromatic heterocycles. The molecule has 0 radical (unpaired) electrons. The maximum atomic E-state index is 12.5. The lowest BCUT2D eigenvalue weighted by Gasteiger charge is -2.16. The van der Waals surface area contributed by atoms with E-state index in [0.29, 0.717) is 21.3 Å². The molecule has 4 nitrogen and oxygen atoms in total. The predicted molar refractivity (Wildman–Crippen MR) is 120 cm³/mol. The number of amides is 1. The molecule has 0 aliphatic carbocycles. The number of benzene rings is 3. The van der Waals surface area contributed by atoms with Gasteiger partial charge in [0, 0.05) is 15.7 Å². The molecule has 0 aliphatic rings. The highest BCUT2D eigenvalue weighted by molar-refractivity contribution is 6.32. The van der Waals surface area contributed by atoms with Gasteiger partial charge in [0.1, 0.15) is 5.75 Å². The van der Waals surface area contributed by atoms with Crippen LogP contribution in [0.1, 0.15) is 28.2 Å². The van der Waals surface area contributed by atoms with Crippen molar-refractivity contribution in [3.63, 3.8) is 0 Å². The minimum absolute atomic E-state index is 0.151. The number of aryl methyl sites for hydroxylation is 1. The number of carbonyl (C=O) groups excluding carboxylic acids is 1. The molecule has 3 aromatic rings. The van der Waals surface area contributed by atoms with Crippen molar-refractivity contribution in [2.75, 3.05) is 12.4 Å². The van der Waals surface area contributed by atoms with E-state index >= 15 is 0 Å². The number of halogens is 2. The first kappa shape index (κ1) is 21.7. The van der Waals surface area contributed by atoms with Gasteiger partial charge in [-0.1, -0.05) is 53.5 Å². The van der Waals surface area contributed by atoms with Gasteiger partial charge >= 0.3 is 0 Å². The Morgan fingerprint density at radius 1 is 1.10 bits per heavy atom. The molecule has 0 spiro atoms. The lowest BCUT2D eigenvalue weighted by atomic mass is 9.91. The van der Waals surface area contributed by atoms with E-state index in [2.05, 4.69) is 11.4 Å². The summed E-state index contributed by atoms with van der Waals surface area (Å²) in [7, 11) is 1.60. The van der Waals surface area contributed by atoms with Crippen molar-refractivity contribution in [1.29, 1.82) is 5.26 Å². The van der Waals surface area contributed by atoms with E-state index in [9.17, 15) is 10.1 Å². The van der Waals surface area contributed by atoms with Crippen LogP contribution in [0.4, 0.5) is 5.69 Å². The molecule has 0 aliphatic heterocycles. The normalized spacial score (nSPS) is 11.4. The SMILES string of the molecule is COc1ccc(CC(=O)Nc2cc(Cl)c([C@H](C#N)c3ccc(Cl)cc3)cc2C)cc1. The third-order valence-electron chi connectivity index (χ3n) is 4.78. The highest BCUT2D eigenvalue weighted by Gasteiger charge is 2.19. The number of anilines is 1. The zero-order chi connectivity index (χ0) is 21.7. The summed E-state index contributed by atoms with van der Waals surface area (Å²) < 4.78 is 5.13. The summed E-state index contributed by atoms with van der Waals surface area (Å²) in [6.45, 7) is 1.87. The number of ether oxygens (including phenoxy) is 1. The van der Waals surface area contributed by atoms with Gasteiger partial charge in [-0.3, -0.25) is 4.79 Å². The third-order valence-corrected chi connectivity index (χ3v) is 5.36. The molecule has 0 saturated carbocycles. The Balaban J connectivity index is 1.78. The summed E-state index contributed by atoms with van der Waals surface area (Å²) in [5.74, 6) is 0.0595. The Labute approximate surface area is 186 Å². The molecule has 0 bridgehead atoms. The first-order chi connectivity index (χ1) is 14.4. The smallest absolute Gasteiger partial charge is 0.228 e. The number of rotatable bonds is 6. The number of carbonyl (C=O) groups is 1. The summed E-state index contributed by atoms with van der Waals surface area (Å²) in [6.07, 6.45) is 0.231. The summed E-state index contributed by atoms with van der Waals surface area (Å²) in [5, 5.41) is 13.6. The molecule has 0 heterocycles. The Hall–Kier alpha value is -3.00. The monoisotopic (exact) mass is 438 g/mol. The first-order valence-corrected chi connectivity index (χ1v) is 10.0. The van der Waals surface area contributed by atoms with E-state index in [4.69, 9.17) is 27.9 Å². The summed E-state index contributed by atoms with van der Waals surface area (Å²) >= 11 is 12.4. The van der Waals surface area contributed by atoms with Crippen LogP contribution in [0.5, 0.6) is 5.75 Å². The van der Waals surface area contributed by atoms with Crippen LogP contribution in [0, 0.1) is 18.3 Å². The summed E-state index contributed by atoms with van der Waals surface area (Å²) in [4.78, 5) is 12.5. The van der Waals surface area contributed by atoms with Crippen LogP contribution >= 0.6 is 23.2 Å². The van der Waals surface area contributed by atoms with Gasteiger partial charge in [0.2, 0.25) is 5.91 Å². The number of methoxy groups -OCH3 is 1. The Kier molecular flexibility index (Phi) is 6.99. The molecule has 30 heavy (non-hydrogen) atoms. The molecule has 3 rings (SSSR count). The van der Waals surface area contributed by atoms with E-state index in [-0.39, 0.29) is 12.3 Å². The number of nitrogens with one attached hydrogen (secondary N) is 1. The van der Waals surface area contributed by atoms with Gasteiger partial charge in [0.25, 0.3) is 0 Å². The fourth-order valence-electron chi connectivity index (χ4n) is 3.16. The van der Waals surface area contributed by atoms with E-state index in [0.717, 1.165) is 22.4 Å². The Bertz CT molecular complexity index is 1090. The molecular weight excluding hydrogens is 419 g/mol. The van der Waals surface area contributed by atoms with E-state index in [1.54, 1.807) is 25.3 Å². The van der Waals surface area contributed by atoms with Gasteiger partial charge in [-0.05, 0) is 59.5 Å². The van der Waals surface area contributed by atoms with Gasteiger partial charge in [-0.15, -0.1) is 0 Å². The number of nitrogens with zero attached hydrogens (tertiary/aromatic N) is 1. The standard InChI is InChI=1S/C24H20Cl2N2O2/c1-15-11-20(21(14-27)17-5-7-18(25)8-6-17)22(26)13-23(15)28-24(29)12-16-3-9-19(30-2)10-4-16/h3-11,13,21H,12H2,1-2H3,(H,28,29)/t21-/m1/s1. The fraction of sp³-hybridized carbons (Fsp3) is 0.167. The van der Waals surface area contributed by atoms with Gasteiger partial charge in [-0.2, -0.15) is 5.26 Å². The molecule has 0 unspecified atom stereocenters. The van der Waals surface area contributed by atoms with Gasteiger partial charge in [-0.25, -0.2) is 0 Å². The van der Waals surface area contributed by atoms with E-state index in [1.165, 1.54) is 0 Å². The van der Waals surface area contributed by atoms with Crippen molar-refractivity contribution >= 4 is 34.8 Å². The van der Waals surface area contributed by atoms with Gasteiger partial charge < -0.3 is 10.1 Å². The molecule has 152 valence electrons. The second-order valence-corrected chi connectivity index (χ2v) is 7.72. The van der Waals surface area contributed by atoms with Gasteiger partial charge in [0.05, 0.1) is 25.5 Å². The first-order valence-electron chi connectivity index (χ1n) is 9.29. The fourth-order valence-corrected chi connectivity index (χ4v) is 3.56. The second-order valence-electron chi connectivity index (χ2n) is 6.88. The van der Waals surface area contributed by atoms with Crippen molar-refractivity contribution in [2.45, 2.75) is 19.3 Å². The predicted octanol–water partition coefficient (Wildman–Crippen LogP) is 6.15. The molecule has 1 amide bonds. The van der Waals surface area contributed by atoms with Crippen LogP contribution in [0.2, 0.25) is 10.0 Å². The average Bonchev–Trinajstić information content (AvgIpc) is 2.73. The van der Waals surface area contributed by atoms with Crippen molar-refractivity contribution in [1.82, 2.24) is 0 Å². The third kappa shape index (κ3) is 5.13. The van der Waals surface area contributed by atoms with Crippen LogP contribution in [-0.4, -0.2) is 13.0 Å². The molecule has 0 fully saturated rings. The van der Waals surface area contributed by atoms with Crippen molar-refractivity contribution in [2.24, 2.45) is 0 Å². The van der Waals surface area contributed by atoms with E-state index in [1.807, 2.05) is 49.4 Å². The van der Waals surface area contributed by atoms with Crippen molar-refractivity contribution in [3.05, 3.63) is 93.0 Å². The minimum atomic E-state index is -0.530. The van der Waals surface area contributed by atoms with Crippen LogP contribution in [-0.2, 0) is 11.2 Å². The van der Waals surface area contributed by atoms with Crippen molar-refractivity contribution < 1.29 is 9.53 Å².